The summed E-state index contributed by atoms with van der Waals surface area (Å²) >= 11 is 1.68. The summed E-state index contributed by atoms with van der Waals surface area (Å²) in [6.45, 7) is 2.88. The van der Waals surface area contributed by atoms with Crippen LogP contribution in [0, 0.1) is 6.92 Å². The van der Waals surface area contributed by atoms with E-state index in [9.17, 15) is 4.79 Å². The molecule has 1 rings (SSSR count). The molecule has 0 aliphatic rings. The number of amides is 1. The molecule has 3 nitrogen and oxygen atoms in total. The van der Waals surface area contributed by atoms with Gasteiger partial charge >= 0.3 is 0 Å². The molecule has 0 bridgehead atoms. The first-order chi connectivity index (χ1) is 6.65. The second kappa shape index (κ2) is 5.12. The van der Waals surface area contributed by atoms with Crippen molar-refractivity contribution in [2.75, 3.05) is 20.8 Å². The van der Waals surface area contributed by atoms with Crippen molar-refractivity contribution in [3.8, 4) is 0 Å². The minimum absolute atomic E-state index is 0.0142. The Labute approximate surface area is 88.3 Å². The van der Waals surface area contributed by atoms with Gasteiger partial charge in [0.05, 0.1) is 6.54 Å². The second-order valence-electron chi connectivity index (χ2n) is 3.21. The Hall–Kier alpha value is -0.870. The van der Waals surface area contributed by atoms with Gasteiger partial charge in [-0.2, -0.15) is 0 Å². The Morgan fingerprint density at radius 2 is 2.36 bits per heavy atom. The van der Waals surface area contributed by atoms with E-state index in [1.165, 1.54) is 17.6 Å². The largest absolute Gasteiger partial charge is 0.375 e. The maximum atomic E-state index is 11.4. The number of methoxy groups -OCH3 is 1. The van der Waals surface area contributed by atoms with E-state index in [1.54, 1.807) is 23.3 Å². The Bertz CT molecular complexity index is 309. The minimum Gasteiger partial charge on any atom is -0.375 e. The van der Waals surface area contributed by atoms with Gasteiger partial charge in [-0.1, -0.05) is 0 Å². The smallest absolute Gasteiger partial charge is 0.248 e. The van der Waals surface area contributed by atoms with Crippen molar-refractivity contribution in [3.05, 3.63) is 21.9 Å². The first-order valence-electron chi connectivity index (χ1n) is 4.41. The molecule has 0 unspecified atom stereocenters. The van der Waals surface area contributed by atoms with E-state index in [-0.39, 0.29) is 12.5 Å². The summed E-state index contributed by atoms with van der Waals surface area (Å²) in [6, 6.07) is 2.06. The fraction of sp³-hybridized carbons (Fsp3) is 0.500. The normalized spacial score (nSPS) is 10.2. The van der Waals surface area contributed by atoms with Crippen LogP contribution in [0.4, 0.5) is 0 Å². The number of likely N-dealkylation sites (N-methyl/N-ethyl adjacent to an activating group) is 1. The second-order valence-corrected chi connectivity index (χ2v) is 4.21. The monoisotopic (exact) mass is 213 g/mol. The predicted octanol–water partition coefficient (Wildman–Crippen LogP) is 1.66. The maximum Gasteiger partial charge on any atom is 0.248 e. The average molecular weight is 213 g/mol. The van der Waals surface area contributed by atoms with Crippen molar-refractivity contribution in [1.29, 1.82) is 0 Å². The number of rotatable bonds is 4. The Balaban J connectivity index is 2.52. The summed E-state index contributed by atoms with van der Waals surface area (Å²) in [5.74, 6) is 0.0142. The van der Waals surface area contributed by atoms with Crippen LogP contribution in [0.1, 0.15) is 10.4 Å². The highest BCUT2D eigenvalue weighted by atomic mass is 32.1. The number of hydrogen-bond donors (Lipinski definition) is 0. The fourth-order valence-electron chi connectivity index (χ4n) is 1.10. The third kappa shape index (κ3) is 2.82. The molecule has 0 fully saturated rings. The van der Waals surface area contributed by atoms with Crippen molar-refractivity contribution < 1.29 is 9.53 Å². The van der Waals surface area contributed by atoms with Crippen LogP contribution >= 0.6 is 11.3 Å². The number of hydrogen-bond acceptors (Lipinski definition) is 3. The highest BCUT2D eigenvalue weighted by Crippen LogP contribution is 2.17. The third-order valence-electron chi connectivity index (χ3n) is 2.04. The maximum absolute atomic E-state index is 11.4. The number of aryl methyl sites for hydroxylation is 1. The quantitative estimate of drug-likeness (QED) is 0.761. The molecule has 1 aromatic rings. The van der Waals surface area contributed by atoms with Gasteiger partial charge in [0, 0.05) is 19.0 Å². The zero-order valence-corrected chi connectivity index (χ0v) is 9.56. The molecular weight excluding hydrogens is 198 g/mol. The Kier molecular flexibility index (Phi) is 4.10. The molecular formula is C10H15NO2S. The highest BCUT2D eigenvalue weighted by Gasteiger charge is 2.10. The standard InChI is InChI=1S/C10H15NO2S/c1-8-4-5-14-9(8)6-11(2)10(12)7-13-3/h4-5H,6-7H2,1-3H3. The number of nitrogens with zero attached hydrogens (tertiary/aromatic N) is 1. The molecule has 0 saturated carbocycles. The highest BCUT2D eigenvalue weighted by molar-refractivity contribution is 7.10. The third-order valence-corrected chi connectivity index (χ3v) is 3.05. The molecule has 14 heavy (non-hydrogen) atoms. The first-order valence-corrected chi connectivity index (χ1v) is 5.29. The van der Waals surface area contributed by atoms with E-state index in [0.29, 0.717) is 6.54 Å². The van der Waals surface area contributed by atoms with E-state index in [1.807, 2.05) is 5.38 Å². The summed E-state index contributed by atoms with van der Waals surface area (Å²) in [7, 11) is 3.32. The van der Waals surface area contributed by atoms with Gasteiger partial charge in [-0.25, -0.2) is 0 Å². The van der Waals surface area contributed by atoms with Crippen molar-refractivity contribution >= 4 is 17.2 Å². The SMILES string of the molecule is COCC(=O)N(C)Cc1sccc1C. The molecule has 0 aliphatic carbocycles. The van der Waals surface area contributed by atoms with Gasteiger partial charge in [0.1, 0.15) is 6.61 Å². The van der Waals surface area contributed by atoms with Gasteiger partial charge in [0.2, 0.25) is 5.91 Å². The summed E-state index contributed by atoms with van der Waals surface area (Å²) < 4.78 is 4.79. The van der Waals surface area contributed by atoms with E-state index in [2.05, 4.69) is 13.0 Å². The topological polar surface area (TPSA) is 29.5 Å². The summed E-state index contributed by atoms with van der Waals surface area (Å²) in [5, 5.41) is 2.04. The van der Waals surface area contributed by atoms with Gasteiger partial charge in [-0.15, -0.1) is 11.3 Å². The first kappa shape index (κ1) is 11.2. The van der Waals surface area contributed by atoms with Crippen LogP contribution in [0.15, 0.2) is 11.4 Å². The zero-order chi connectivity index (χ0) is 10.6. The lowest BCUT2D eigenvalue weighted by Gasteiger charge is -2.16. The molecule has 1 amide bonds. The molecule has 1 heterocycles. The molecule has 0 aliphatic heterocycles. The molecule has 4 heteroatoms. The number of thiophene rings is 1. The zero-order valence-electron chi connectivity index (χ0n) is 8.74. The summed E-state index contributed by atoms with van der Waals surface area (Å²) in [4.78, 5) is 14.3. The van der Waals surface area contributed by atoms with Crippen LogP contribution in [-0.2, 0) is 16.1 Å². The molecule has 0 spiro atoms. The van der Waals surface area contributed by atoms with Crippen LogP contribution in [0.3, 0.4) is 0 Å². The predicted molar refractivity (Wildman–Crippen MR) is 57.4 cm³/mol. The van der Waals surface area contributed by atoms with Crippen LogP contribution in [-0.4, -0.2) is 31.6 Å². The molecule has 0 radical (unpaired) electrons. The number of ether oxygens (including phenoxy) is 1. The fourth-order valence-corrected chi connectivity index (χ4v) is 2.06. The minimum atomic E-state index is 0.0142. The van der Waals surface area contributed by atoms with E-state index < -0.39 is 0 Å². The van der Waals surface area contributed by atoms with Gasteiger partial charge in [-0.3, -0.25) is 4.79 Å². The molecule has 0 atom stereocenters. The Morgan fingerprint density at radius 3 is 2.86 bits per heavy atom. The lowest BCUT2D eigenvalue weighted by atomic mass is 10.3. The van der Waals surface area contributed by atoms with Crippen molar-refractivity contribution in [1.82, 2.24) is 4.90 Å². The lowest BCUT2D eigenvalue weighted by molar-refractivity contribution is -0.134. The van der Waals surface area contributed by atoms with Crippen LogP contribution in [0.5, 0.6) is 0 Å². The van der Waals surface area contributed by atoms with Gasteiger partial charge < -0.3 is 9.64 Å². The van der Waals surface area contributed by atoms with Crippen molar-refractivity contribution in [3.63, 3.8) is 0 Å². The van der Waals surface area contributed by atoms with Crippen molar-refractivity contribution in [2.24, 2.45) is 0 Å². The van der Waals surface area contributed by atoms with E-state index >= 15 is 0 Å². The number of carbonyl (C=O) groups is 1. The van der Waals surface area contributed by atoms with Crippen LogP contribution in [0.2, 0.25) is 0 Å². The molecule has 0 aromatic carbocycles. The average Bonchev–Trinajstić information content (AvgIpc) is 2.52. The number of carbonyl (C=O) groups excluding carboxylic acids is 1. The van der Waals surface area contributed by atoms with E-state index in [4.69, 9.17) is 4.74 Å². The molecule has 1 aromatic heterocycles. The van der Waals surface area contributed by atoms with Gasteiger partial charge in [0.25, 0.3) is 0 Å². The van der Waals surface area contributed by atoms with E-state index in [0.717, 1.165) is 0 Å². The van der Waals surface area contributed by atoms with Crippen molar-refractivity contribution in [2.45, 2.75) is 13.5 Å². The van der Waals surface area contributed by atoms with Crippen LogP contribution in [0.25, 0.3) is 0 Å². The summed E-state index contributed by atoms with van der Waals surface area (Å²) in [6.07, 6.45) is 0. The van der Waals surface area contributed by atoms with Crippen LogP contribution < -0.4 is 0 Å². The lowest BCUT2D eigenvalue weighted by Crippen LogP contribution is -2.29. The molecule has 0 saturated heterocycles. The molecule has 0 N–H and O–H groups in total. The van der Waals surface area contributed by atoms with Gasteiger partial charge in [0.15, 0.2) is 0 Å². The Morgan fingerprint density at radius 1 is 1.64 bits per heavy atom. The summed E-state index contributed by atoms with van der Waals surface area (Å²) in [5.41, 5.74) is 1.24. The van der Waals surface area contributed by atoms with Gasteiger partial charge in [-0.05, 0) is 23.9 Å². The molecule has 78 valence electrons.